The minimum Gasteiger partial charge on any atom is -0.326 e. The molecular formula is C30H29ClN4O2. The summed E-state index contributed by atoms with van der Waals surface area (Å²) in [7, 11) is 0. The van der Waals surface area contributed by atoms with Crippen molar-refractivity contribution in [2.75, 3.05) is 11.9 Å². The van der Waals surface area contributed by atoms with Gasteiger partial charge in [0.2, 0.25) is 11.9 Å². The first-order valence-electron chi connectivity index (χ1n) is 12.4. The van der Waals surface area contributed by atoms with Crippen LogP contribution in [0.1, 0.15) is 39.9 Å². The van der Waals surface area contributed by atoms with Crippen molar-refractivity contribution in [3.63, 3.8) is 0 Å². The average Bonchev–Trinajstić information content (AvgIpc) is 3.64. The van der Waals surface area contributed by atoms with Gasteiger partial charge in [0, 0.05) is 34.1 Å². The number of benzene rings is 3. The van der Waals surface area contributed by atoms with Crippen LogP contribution in [0.5, 0.6) is 0 Å². The van der Waals surface area contributed by atoms with Crippen LogP contribution in [0, 0.1) is 20.8 Å². The van der Waals surface area contributed by atoms with Crippen molar-refractivity contribution in [2.24, 2.45) is 0 Å². The summed E-state index contributed by atoms with van der Waals surface area (Å²) in [5.41, 5.74) is 6.33. The van der Waals surface area contributed by atoms with Crippen LogP contribution in [0.2, 0.25) is 5.02 Å². The van der Waals surface area contributed by atoms with Crippen LogP contribution in [0.25, 0.3) is 16.9 Å². The highest BCUT2D eigenvalue weighted by molar-refractivity contribution is 6.30. The molecule has 188 valence electrons. The van der Waals surface area contributed by atoms with Crippen LogP contribution >= 0.6 is 11.6 Å². The topological polar surface area (TPSA) is 67.2 Å². The highest BCUT2D eigenvalue weighted by atomic mass is 35.5. The number of hydrogen-bond acceptors (Lipinski definition) is 3. The fourth-order valence-corrected chi connectivity index (χ4v) is 4.47. The lowest BCUT2D eigenvalue weighted by molar-refractivity contribution is -0.117. The minimum absolute atomic E-state index is 0.0338. The molecular weight excluding hydrogens is 484 g/mol. The van der Waals surface area contributed by atoms with Crippen molar-refractivity contribution in [3.8, 4) is 16.9 Å². The molecule has 0 atom stereocenters. The number of carbonyl (C=O) groups is 2. The third-order valence-corrected chi connectivity index (χ3v) is 7.06. The zero-order chi connectivity index (χ0) is 26.1. The molecule has 0 bridgehead atoms. The second-order valence-electron chi connectivity index (χ2n) is 9.62. The minimum atomic E-state index is -0.285. The SMILES string of the molecule is Cc1ccc(-n2cc(-c3ccc(Cl)cc3)nc2NC(=O)CN(C(=O)c2ccccc2C)C2CC2)cc1C. The number of nitrogens with zero attached hydrogens (tertiary/aromatic N) is 3. The molecule has 0 radical (unpaired) electrons. The van der Waals surface area contributed by atoms with E-state index >= 15 is 0 Å². The monoisotopic (exact) mass is 512 g/mol. The van der Waals surface area contributed by atoms with E-state index in [-0.39, 0.29) is 24.4 Å². The Hall–Kier alpha value is -3.90. The van der Waals surface area contributed by atoms with Crippen molar-refractivity contribution in [1.29, 1.82) is 0 Å². The van der Waals surface area contributed by atoms with Crippen molar-refractivity contribution < 1.29 is 9.59 Å². The molecule has 1 fully saturated rings. The summed E-state index contributed by atoms with van der Waals surface area (Å²) in [6, 6.07) is 21.1. The molecule has 1 aliphatic rings. The zero-order valence-corrected chi connectivity index (χ0v) is 21.9. The van der Waals surface area contributed by atoms with E-state index in [9.17, 15) is 9.59 Å². The predicted octanol–water partition coefficient (Wildman–Crippen LogP) is 6.36. The van der Waals surface area contributed by atoms with Crippen LogP contribution in [0.3, 0.4) is 0 Å². The first-order chi connectivity index (χ1) is 17.8. The van der Waals surface area contributed by atoms with Gasteiger partial charge in [-0.2, -0.15) is 0 Å². The van der Waals surface area contributed by atoms with E-state index in [0.29, 0.717) is 22.2 Å². The molecule has 3 aromatic carbocycles. The van der Waals surface area contributed by atoms with E-state index in [2.05, 4.69) is 25.2 Å². The van der Waals surface area contributed by atoms with E-state index in [0.717, 1.165) is 35.2 Å². The molecule has 0 spiro atoms. The summed E-state index contributed by atoms with van der Waals surface area (Å²) in [5.74, 6) is -0.000399. The number of aromatic nitrogens is 2. The molecule has 1 aromatic heterocycles. The number of anilines is 1. The quantitative estimate of drug-likeness (QED) is 0.313. The molecule has 7 heteroatoms. The van der Waals surface area contributed by atoms with Gasteiger partial charge in [-0.05, 0) is 80.6 Å². The predicted molar refractivity (Wildman–Crippen MR) is 147 cm³/mol. The second-order valence-corrected chi connectivity index (χ2v) is 10.1. The lowest BCUT2D eigenvalue weighted by Crippen LogP contribution is -2.40. The highest BCUT2D eigenvalue weighted by Gasteiger charge is 2.35. The maximum Gasteiger partial charge on any atom is 0.254 e. The van der Waals surface area contributed by atoms with Crippen molar-refractivity contribution in [3.05, 3.63) is 100 Å². The molecule has 6 nitrogen and oxygen atoms in total. The van der Waals surface area contributed by atoms with Crippen LogP contribution in [0.15, 0.2) is 72.9 Å². The standard InChI is InChI=1S/C30H29ClN4O2/c1-19-8-13-25(16-21(19)3)35-17-27(22-9-11-23(31)12-10-22)32-30(35)33-28(36)18-34(24-14-15-24)29(37)26-7-5-4-6-20(26)2/h4-13,16-17,24H,14-15,18H2,1-3H3,(H,32,33,36). The maximum absolute atomic E-state index is 13.3. The summed E-state index contributed by atoms with van der Waals surface area (Å²) in [4.78, 5) is 33.0. The Labute approximate surface area is 221 Å². The van der Waals surface area contributed by atoms with E-state index in [1.807, 2.05) is 78.4 Å². The van der Waals surface area contributed by atoms with E-state index in [4.69, 9.17) is 16.6 Å². The lowest BCUT2D eigenvalue weighted by atomic mass is 10.1. The molecule has 5 rings (SSSR count). The molecule has 4 aromatic rings. The fraction of sp³-hybridized carbons (Fsp3) is 0.233. The van der Waals surface area contributed by atoms with Gasteiger partial charge in [0.25, 0.3) is 5.91 Å². The third kappa shape index (κ3) is 5.44. The fourth-order valence-electron chi connectivity index (χ4n) is 4.34. The smallest absolute Gasteiger partial charge is 0.254 e. The summed E-state index contributed by atoms with van der Waals surface area (Å²) in [5, 5.41) is 3.61. The molecule has 1 N–H and O–H groups in total. The number of hydrogen-bond donors (Lipinski definition) is 1. The number of carbonyl (C=O) groups excluding carboxylic acids is 2. The van der Waals surface area contributed by atoms with Gasteiger partial charge in [-0.1, -0.05) is 48.0 Å². The van der Waals surface area contributed by atoms with Crippen LogP contribution in [-0.2, 0) is 4.79 Å². The number of rotatable bonds is 7. The van der Waals surface area contributed by atoms with Gasteiger partial charge in [-0.25, -0.2) is 4.98 Å². The third-order valence-electron chi connectivity index (χ3n) is 6.80. The van der Waals surface area contributed by atoms with Crippen molar-refractivity contribution in [2.45, 2.75) is 39.7 Å². The first kappa shape index (κ1) is 24.8. The van der Waals surface area contributed by atoms with Crippen molar-refractivity contribution >= 4 is 29.4 Å². The van der Waals surface area contributed by atoms with E-state index < -0.39 is 0 Å². The summed E-state index contributed by atoms with van der Waals surface area (Å²) < 4.78 is 1.87. The van der Waals surface area contributed by atoms with Gasteiger partial charge in [0.1, 0.15) is 6.54 Å². The van der Waals surface area contributed by atoms with Gasteiger partial charge in [-0.15, -0.1) is 0 Å². The van der Waals surface area contributed by atoms with Gasteiger partial charge in [0.05, 0.1) is 5.69 Å². The van der Waals surface area contributed by atoms with Gasteiger partial charge in [0.15, 0.2) is 0 Å². The van der Waals surface area contributed by atoms with Crippen molar-refractivity contribution in [1.82, 2.24) is 14.5 Å². The largest absolute Gasteiger partial charge is 0.326 e. The van der Waals surface area contributed by atoms with Crippen LogP contribution < -0.4 is 5.32 Å². The Kier molecular flexibility index (Phi) is 6.85. The Balaban J connectivity index is 1.44. The number of amides is 2. The Morgan fingerprint density at radius 1 is 0.973 bits per heavy atom. The van der Waals surface area contributed by atoms with Gasteiger partial charge >= 0.3 is 0 Å². The van der Waals surface area contributed by atoms with Gasteiger partial charge < -0.3 is 4.90 Å². The normalized spacial score (nSPS) is 12.9. The number of nitrogens with one attached hydrogen (secondary N) is 1. The van der Waals surface area contributed by atoms with Crippen LogP contribution in [0.4, 0.5) is 5.95 Å². The number of halogens is 1. The van der Waals surface area contributed by atoms with Gasteiger partial charge in [-0.3, -0.25) is 19.5 Å². The molecule has 1 saturated carbocycles. The van der Waals surface area contributed by atoms with Crippen LogP contribution in [-0.4, -0.2) is 38.9 Å². The first-order valence-corrected chi connectivity index (χ1v) is 12.8. The summed E-state index contributed by atoms with van der Waals surface area (Å²) in [6.07, 6.45) is 3.71. The van der Waals surface area contributed by atoms with E-state index in [1.54, 1.807) is 4.90 Å². The molecule has 2 amide bonds. The molecule has 0 unspecified atom stereocenters. The lowest BCUT2D eigenvalue weighted by Gasteiger charge is -2.23. The number of imidazole rings is 1. The Bertz CT molecular complexity index is 1470. The zero-order valence-electron chi connectivity index (χ0n) is 21.2. The molecule has 1 heterocycles. The molecule has 37 heavy (non-hydrogen) atoms. The molecule has 0 aliphatic heterocycles. The Morgan fingerprint density at radius 3 is 2.38 bits per heavy atom. The maximum atomic E-state index is 13.3. The second kappa shape index (κ2) is 10.2. The number of aryl methyl sites for hydroxylation is 3. The summed E-state index contributed by atoms with van der Waals surface area (Å²) >= 11 is 6.08. The van der Waals surface area contributed by atoms with E-state index in [1.165, 1.54) is 5.56 Å². The highest BCUT2D eigenvalue weighted by Crippen LogP contribution is 2.30. The summed E-state index contributed by atoms with van der Waals surface area (Å²) in [6.45, 7) is 6.00. The molecule has 1 aliphatic carbocycles. The average molecular weight is 513 g/mol. The Morgan fingerprint density at radius 2 is 1.70 bits per heavy atom. The molecule has 0 saturated heterocycles.